The van der Waals surface area contributed by atoms with Gasteiger partial charge >= 0.3 is 0 Å². The Labute approximate surface area is 94.6 Å². The van der Waals surface area contributed by atoms with Crippen molar-refractivity contribution in [3.8, 4) is 0 Å². The lowest BCUT2D eigenvalue weighted by atomic mass is 10.1. The van der Waals surface area contributed by atoms with Crippen LogP contribution < -0.4 is 11.1 Å². The highest BCUT2D eigenvalue weighted by Gasteiger charge is 2.20. The van der Waals surface area contributed by atoms with E-state index < -0.39 is 0 Å². The molecule has 1 aromatic heterocycles. The van der Waals surface area contributed by atoms with Gasteiger partial charge in [-0.1, -0.05) is 6.07 Å². The Balaban J connectivity index is 1.89. The fourth-order valence-corrected chi connectivity index (χ4v) is 1.93. The smallest absolute Gasteiger partial charge is 0.134 e. The Morgan fingerprint density at radius 1 is 1.38 bits per heavy atom. The van der Waals surface area contributed by atoms with E-state index in [1.807, 2.05) is 18.4 Å². The Morgan fingerprint density at radius 3 is 3.00 bits per heavy atom. The van der Waals surface area contributed by atoms with Gasteiger partial charge < -0.3 is 15.5 Å². The minimum atomic E-state index is 0.580. The van der Waals surface area contributed by atoms with Crippen LogP contribution in [-0.2, 0) is 13.1 Å². The van der Waals surface area contributed by atoms with Crippen molar-refractivity contribution < 1.29 is 4.42 Å². The molecule has 3 nitrogen and oxygen atoms in total. The first-order valence-corrected chi connectivity index (χ1v) is 5.79. The average Bonchev–Trinajstić information content (AvgIpc) is 3.06. The summed E-state index contributed by atoms with van der Waals surface area (Å²) in [5.74, 6) is 0. The number of fused-ring (bicyclic) bond motifs is 1. The van der Waals surface area contributed by atoms with Crippen molar-refractivity contribution in [2.45, 2.75) is 32.0 Å². The van der Waals surface area contributed by atoms with Crippen molar-refractivity contribution in [3.63, 3.8) is 0 Å². The van der Waals surface area contributed by atoms with Crippen LogP contribution >= 0.6 is 0 Å². The molecule has 1 aliphatic carbocycles. The van der Waals surface area contributed by atoms with Gasteiger partial charge in [0, 0.05) is 30.1 Å². The maximum Gasteiger partial charge on any atom is 0.134 e. The number of hydrogen-bond acceptors (Lipinski definition) is 3. The van der Waals surface area contributed by atoms with Gasteiger partial charge in [0.25, 0.3) is 0 Å². The quantitative estimate of drug-likeness (QED) is 0.823. The van der Waals surface area contributed by atoms with E-state index in [1.165, 1.54) is 23.8 Å². The van der Waals surface area contributed by atoms with Crippen molar-refractivity contribution in [2.75, 3.05) is 0 Å². The lowest BCUT2D eigenvalue weighted by Gasteiger charge is -2.01. The third kappa shape index (κ3) is 1.84. The fourth-order valence-electron chi connectivity index (χ4n) is 1.93. The minimum Gasteiger partial charge on any atom is -0.464 e. The van der Waals surface area contributed by atoms with Crippen LogP contribution in [0.15, 0.2) is 28.9 Å². The lowest BCUT2D eigenvalue weighted by Crippen LogP contribution is -2.14. The van der Waals surface area contributed by atoms with Crippen LogP contribution in [0.3, 0.4) is 0 Å². The molecule has 1 heterocycles. The number of benzene rings is 1. The summed E-state index contributed by atoms with van der Waals surface area (Å²) in [7, 11) is 0. The summed E-state index contributed by atoms with van der Waals surface area (Å²) in [5.41, 5.74) is 8.98. The van der Waals surface area contributed by atoms with Crippen LogP contribution in [0.1, 0.15) is 24.0 Å². The molecule has 0 amide bonds. The van der Waals surface area contributed by atoms with Crippen LogP contribution in [0.25, 0.3) is 11.0 Å². The fraction of sp³-hybridized carbons (Fsp3) is 0.385. The van der Waals surface area contributed by atoms with Gasteiger partial charge in [-0.15, -0.1) is 0 Å². The third-order valence-corrected chi connectivity index (χ3v) is 3.11. The van der Waals surface area contributed by atoms with Crippen molar-refractivity contribution in [1.29, 1.82) is 0 Å². The summed E-state index contributed by atoms with van der Waals surface area (Å²) in [6, 6.07) is 6.87. The molecule has 0 saturated heterocycles. The first kappa shape index (κ1) is 9.87. The molecule has 3 rings (SSSR count). The van der Waals surface area contributed by atoms with Crippen LogP contribution in [0, 0.1) is 0 Å². The summed E-state index contributed by atoms with van der Waals surface area (Å²) in [4.78, 5) is 0. The maximum absolute atomic E-state index is 5.65. The Hall–Kier alpha value is -1.32. The van der Waals surface area contributed by atoms with Crippen LogP contribution in [0.2, 0.25) is 0 Å². The number of rotatable bonds is 4. The molecular formula is C13H16N2O. The van der Waals surface area contributed by atoms with Crippen molar-refractivity contribution >= 4 is 11.0 Å². The lowest BCUT2D eigenvalue weighted by molar-refractivity contribution is 0.601. The molecule has 0 bridgehead atoms. The Morgan fingerprint density at radius 2 is 2.25 bits per heavy atom. The van der Waals surface area contributed by atoms with Gasteiger partial charge in [-0.3, -0.25) is 0 Å². The van der Waals surface area contributed by atoms with E-state index in [1.54, 1.807) is 0 Å². The molecule has 3 N–H and O–H groups in total. The van der Waals surface area contributed by atoms with Gasteiger partial charge in [-0.25, -0.2) is 0 Å². The first-order chi connectivity index (χ1) is 7.86. The number of furan rings is 1. The highest BCUT2D eigenvalue weighted by atomic mass is 16.3. The minimum absolute atomic E-state index is 0.580. The Kier molecular flexibility index (Phi) is 2.42. The van der Waals surface area contributed by atoms with E-state index in [4.69, 9.17) is 10.2 Å². The van der Waals surface area contributed by atoms with Gasteiger partial charge in [0.1, 0.15) is 5.58 Å². The zero-order valence-electron chi connectivity index (χ0n) is 9.20. The van der Waals surface area contributed by atoms with Crippen LogP contribution in [0.5, 0.6) is 0 Å². The van der Waals surface area contributed by atoms with Crippen LogP contribution in [-0.4, -0.2) is 6.04 Å². The molecule has 0 spiro atoms. The molecule has 1 fully saturated rings. The monoisotopic (exact) mass is 216 g/mol. The summed E-state index contributed by atoms with van der Waals surface area (Å²) >= 11 is 0. The summed E-state index contributed by atoms with van der Waals surface area (Å²) in [6.07, 6.45) is 4.47. The summed E-state index contributed by atoms with van der Waals surface area (Å²) in [5, 5.41) is 4.69. The second-order valence-corrected chi connectivity index (χ2v) is 4.45. The molecule has 0 atom stereocenters. The molecule has 0 unspecified atom stereocenters. The zero-order valence-corrected chi connectivity index (χ0v) is 9.20. The Bertz CT molecular complexity index is 500. The second kappa shape index (κ2) is 3.92. The van der Waals surface area contributed by atoms with E-state index in [0.717, 1.165) is 23.7 Å². The molecular weight excluding hydrogens is 200 g/mol. The third-order valence-electron chi connectivity index (χ3n) is 3.11. The molecule has 1 aliphatic rings. The summed E-state index contributed by atoms with van der Waals surface area (Å²) in [6.45, 7) is 1.47. The van der Waals surface area contributed by atoms with Crippen molar-refractivity contribution in [3.05, 3.63) is 35.6 Å². The van der Waals surface area contributed by atoms with E-state index in [-0.39, 0.29) is 0 Å². The predicted molar refractivity (Wildman–Crippen MR) is 64.0 cm³/mol. The van der Waals surface area contributed by atoms with Gasteiger partial charge in [0.15, 0.2) is 0 Å². The SMILES string of the molecule is NCc1ccc2occ(CNC3CC3)c2c1. The van der Waals surface area contributed by atoms with E-state index in [9.17, 15) is 0 Å². The molecule has 16 heavy (non-hydrogen) atoms. The predicted octanol–water partition coefficient (Wildman–Crippen LogP) is 2.14. The largest absolute Gasteiger partial charge is 0.464 e. The van der Waals surface area contributed by atoms with E-state index in [0.29, 0.717) is 6.54 Å². The maximum atomic E-state index is 5.65. The topological polar surface area (TPSA) is 51.2 Å². The molecule has 1 aromatic carbocycles. The first-order valence-electron chi connectivity index (χ1n) is 5.79. The van der Waals surface area contributed by atoms with Crippen LogP contribution in [0.4, 0.5) is 0 Å². The number of hydrogen-bond donors (Lipinski definition) is 2. The highest BCUT2D eigenvalue weighted by Crippen LogP contribution is 2.24. The molecule has 84 valence electrons. The number of nitrogens with one attached hydrogen (secondary N) is 1. The number of nitrogens with two attached hydrogens (primary N) is 1. The van der Waals surface area contributed by atoms with Gasteiger partial charge in [0.2, 0.25) is 0 Å². The standard InChI is InChI=1S/C13H16N2O/c14-6-9-1-4-13-12(5-9)10(8-16-13)7-15-11-2-3-11/h1,4-5,8,11,15H,2-3,6-7,14H2. The van der Waals surface area contributed by atoms with Crippen molar-refractivity contribution in [2.24, 2.45) is 5.73 Å². The van der Waals surface area contributed by atoms with Gasteiger partial charge in [-0.2, -0.15) is 0 Å². The molecule has 2 aromatic rings. The molecule has 3 heteroatoms. The second-order valence-electron chi connectivity index (χ2n) is 4.45. The average molecular weight is 216 g/mol. The summed E-state index contributed by atoms with van der Waals surface area (Å²) < 4.78 is 5.52. The molecule has 0 aliphatic heterocycles. The van der Waals surface area contributed by atoms with Gasteiger partial charge in [0.05, 0.1) is 6.26 Å². The molecule has 1 saturated carbocycles. The normalized spacial score (nSPS) is 15.8. The zero-order chi connectivity index (χ0) is 11.0. The molecule has 0 radical (unpaired) electrons. The van der Waals surface area contributed by atoms with E-state index >= 15 is 0 Å². The van der Waals surface area contributed by atoms with E-state index in [2.05, 4.69) is 11.4 Å². The van der Waals surface area contributed by atoms with Gasteiger partial charge in [-0.05, 0) is 30.5 Å². The van der Waals surface area contributed by atoms with Crippen molar-refractivity contribution in [1.82, 2.24) is 5.32 Å². The highest BCUT2D eigenvalue weighted by molar-refractivity contribution is 5.81.